The van der Waals surface area contributed by atoms with Crippen molar-refractivity contribution in [2.45, 2.75) is 13.8 Å². The van der Waals surface area contributed by atoms with Gasteiger partial charge in [0.05, 0.1) is 22.9 Å². The Hall–Kier alpha value is -4.27. The van der Waals surface area contributed by atoms with E-state index in [1.54, 1.807) is 43.3 Å². The lowest BCUT2D eigenvalue weighted by molar-refractivity contribution is -0.114. The summed E-state index contributed by atoms with van der Waals surface area (Å²) in [6.07, 6.45) is 1.49. The Morgan fingerprint density at radius 2 is 1.90 bits per heavy atom. The number of aromatic nitrogens is 2. The number of benzene rings is 1. The van der Waals surface area contributed by atoms with Crippen molar-refractivity contribution in [1.82, 2.24) is 10.1 Å². The van der Waals surface area contributed by atoms with Crippen LogP contribution in [0, 0.1) is 6.92 Å². The molecule has 9 nitrogen and oxygen atoms in total. The van der Waals surface area contributed by atoms with Crippen molar-refractivity contribution in [1.29, 1.82) is 0 Å². The monoisotopic (exact) mass is 419 g/mol. The Morgan fingerprint density at radius 1 is 1.13 bits per heavy atom. The number of nitrogens with zero attached hydrogens (tertiary/aromatic N) is 2. The van der Waals surface area contributed by atoms with Gasteiger partial charge in [0, 0.05) is 18.2 Å². The highest BCUT2D eigenvalue weighted by atomic mass is 16.5. The van der Waals surface area contributed by atoms with Crippen LogP contribution < -0.4 is 5.32 Å². The van der Waals surface area contributed by atoms with Crippen molar-refractivity contribution in [3.05, 3.63) is 65.5 Å². The van der Waals surface area contributed by atoms with Crippen LogP contribution in [0.15, 0.2) is 57.7 Å². The minimum absolute atomic E-state index is 0.165. The summed E-state index contributed by atoms with van der Waals surface area (Å²) in [6.45, 7) is 2.62. The third kappa shape index (κ3) is 4.20. The summed E-state index contributed by atoms with van der Waals surface area (Å²) < 4.78 is 15.8. The van der Waals surface area contributed by atoms with Crippen LogP contribution >= 0.6 is 0 Å². The van der Waals surface area contributed by atoms with Gasteiger partial charge in [-0.1, -0.05) is 5.16 Å². The van der Waals surface area contributed by atoms with Crippen LogP contribution in [0.1, 0.15) is 33.3 Å². The number of hydrogen-bond acceptors (Lipinski definition) is 8. The maximum atomic E-state index is 12.8. The standard InChI is InChI=1S/C22H17N3O6/c1-12-20-16(10-17(19-4-3-9-29-19)24-21(20)31-25-12)22(28)30-11-18(27)14-5-7-15(8-6-14)23-13(2)26/h3-10H,11H2,1-2H3,(H,23,26). The highest BCUT2D eigenvalue weighted by molar-refractivity contribution is 6.06. The van der Waals surface area contributed by atoms with E-state index < -0.39 is 12.6 Å². The van der Waals surface area contributed by atoms with E-state index in [0.29, 0.717) is 33.8 Å². The van der Waals surface area contributed by atoms with Crippen molar-refractivity contribution in [3.8, 4) is 11.5 Å². The summed E-state index contributed by atoms with van der Waals surface area (Å²) in [5.74, 6) is -0.869. The average Bonchev–Trinajstić information content (AvgIpc) is 3.42. The molecular weight excluding hydrogens is 402 g/mol. The number of aryl methyl sites for hydroxylation is 1. The molecule has 4 aromatic rings. The molecule has 156 valence electrons. The van der Waals surface area contributed by atoms with Crippen LogP contribution in [0.2, 0.25) is 0 Å². The molecule has 3 heterocycles. The predicted molar refractivity (Wildman–Crippen MR) is 110 cm³/mol. The Morgan fingerprint density at radius 3 is 2.58 bits per heavy atom. The van der Waals surface area contributed by atoms with Crippen LogP contribution in [-0.4, -0.2) is 34.4 Å². The summed E-state index contributed by atoms with van der Waals surface area (Å²) >= 11 is 0. The number of esters is 1. The fourth-order valence-corrected chi connectivity index (χ4v) is 3.04. The zero-order chi connectivity index (χ0) is 22.0. The Labute approximate surface area is 176 Å². The van der Waals surface area contributed by atoms with Crippen LogP contribution in [0.4, 0.5) is 5.69 Å². The first-order valence-corrected chi connectivity index (χ1v) is 9.31. The Balaban J connectivity index is 1.54. The molecule has 1 aromatic carbocycles. The van der Waals surface area contributed by atoms with Crippen LogP contribution in [-0.2, 0) is 9.53 Å². The number of amides is 1. The quantitative estimate of drug-likeness (QED) is 0.370. The van der Waals surface area contributed by atoms with E-state index in [1.807, 2.05) is 0 Å². The van der Waals surface area contributed by atoms with Gasteiger partial charge in [0.15, 0.2) is 18.2 Å². The number of hydrogen-bond donors (Lipinski definition) is 1. The summed E-state index contributed by atoms with van der Waals surface area (Å²) in [4.78, 5) is 40.6. The molecule has 9 heteroatoms. The van der Waals surface area contributed by atoms with E-state index in [0.717, 1.165) is 0 Å². The van der Waals surface area contributed by atoms with Gasteiger partial charge in [-0.2, -0.15) is 0 Å². The maximum Gasteiger partial charge on any atom is 0.339 e. The van der Waals surface area contributed by atoms with Crippen LogP contribution in [0.3, 0.4) is 0 Å². The molecule has 0 saturated heterocycles. The predicted octanol–water partition coefficient (Wildman–Crippen LogP) is 3.79. The van der Waals surface area contributed by atoms with E-state index in [2.05, 4.69) is 15.5 Å². The summed E-state index contributed by atoms with van der Waals surface area (Å²) in [6, 6.07) is 11.2. The molecule has 0 aliphatic heterocycles. The lowest BCUT2D eigenvalue weighted by Gasteiger charge is -2.07. The van der Waals surface area contributed by atoms with Gasteiger partial charge in [-0.25, -0.2) is 9.78 Å². The van der Waals surface area contributed by atoms with E-state index >= 15 is 0 Å². The molecule has 0 aliphatic rings. The molecule has 4 rings (SSSR count). The number of ketones is 1. The first kappa shape index (κ1) is 20.0. The second kappa shape index (κ2) is 8.23. The highest BCUT2D eigenvalue weighted by Gasteiger charge is 2.22. The molecule has 1 N–H and O–H groups in total. The lowest BCUT2D eigenvalue weighted by Crippen LogP contribution is -2.15. The summed E-state index contributed by atoms with van der Waals surface area (Å²) in [5, 5.41) is 6.88. The van der Waals surface area contributed by atoms with Gasteiger partial charge >= 0.3 is 5.97 Å². The van der Waals surface area contributed by atoms with Crippen LogP contribution in [0.25, 0.3) is 22.6 Å². The van der Waals surface area contributed by atoms with E-state index in [1.165, 1.54) is 19.3 Å². The first-order valence-electron chi connectivity index (χ1n) is 9.31. The minimum atomic E-state index is -0.713. The fraction of sp³-hybridized carbons (Fsp3) is 0.136. The van der Waals surface area contributed by atoms with Gasteiger partial charge in [-0.15, -0.1) is 0 Å². The fourth-order valence-electron chi connectivity index (χ4n) is 3.04. The minimum Gasteiger partial charge on any atom is -0.463 e. The van der Waals surface area contributed by atoms with Gasteiger partial charge in [0.1, 0.15) is 5.69 Å². The zero-order valence-corrected chi connectivity index (χ0v) is 16.7. The number of fused-ring (bicyclic) bond motifs is 1. The largest absolute Gasteiger partial charge is 0.463 e. The molecule has 0 bridgehead atoms. The second-order valence-corrected chi connectivity index (χ2v) is 6.74. The summed E-state index contributed by atoms with van der Waals surface area (Å²) in [7, 11) is 0. The molecule has 0 saturated carbocycles. The van der Waals surface area contributed by atoms with Gasteiger partial charge < -0.3 is 19.0 Å². The Kier molecular flexibility index (Phi) is 5.31. The molecule has 0 unspecified atom stereocenters. The number of carbonyl (C=O) groups excluding carboxylic acids is 3. The van der Waals surface area contributed by atoms with E-state index in [-0.39, 0.29) is 23.0 Å². The lowest BCUT2D eigenvalue weighted by atomic mass is 10.1. The first-order chi connectivity index (χ1) is 14.9. The van der Waals surface area contributed by atoms with Gasteiger partial charge in [0.25, 0.3) is 5.71 Å². The number of carbonyl (C=O) groups is 3. The van der Waals surface area contributed by atoms with Crippen LogP contribution in [0.5, 0.6) is 0 Å². The molecule has 3 aromatic heterocycles. The summed E-state index contributed by atoms with van der Waals surface area (Å²) in [5.41, 5.74) is 2.09. The maximum absolute atomic E-state index is 12.8. The molecule has 0 aliphatic carbocycles. The number of Topliss-reactive ketones (excluding diaryl/α,β-unsaturated/α-hetero) is 1. The topological polar surface area (TPSA) is 125 Å². The van der Waals surface area contributed by atoms with Gasteiger partial charge in [-0.3, -0.25) is 9.59 Å². The molecular formula is C22H17N3O6. The number of pyridine rings is 1. The number of rotatable bonds is 6. The van der Waals surface area contributed by atoms with Gasteiger partial charge in [-0.05, 0) is 49.4 Å². The number of nitrogens with one attached hydrogen (secondary N) is 1. The molecule has 1 amide bonds. The van der Waals surface area contributed by atoms with E-state index in [9.17, 15) is 14.4 Å². The van der Waals surface area contributed by atoms with Crippen molar-refractivity contribution in [2.24, 2.45) is 0 Å². The highest BCUT2D eigenvalue weighted by Crippen LogP contribution is 2.27. The average molecular weight is 419 g/mol. The van der Waals surface area contributed by atoms with Crippen molar-refractivity contribution in [3.63, 3.8) is 0 Å². The van der Waals surface area contributed by atoms with E-state index in [4.69, 9.17) is 13.7 Å². The number of ether oxygens (including phenoxy) is 1. The smallest absolute Gasteiger partial charge is 0.339 e. The third-order valence-corrected chi connectivity index (χ3v) is 4.47. The van der Waals surface area contributed by atoms with Crippen molar-refractivity contribution >= 4 is 34.4 Å². The molecule has 0 spiro atoms. The van der Waals surface area contributed by atoms with Crippen molar-refractivity contribution < 1.29 is 28.1 Å². The normalized spacial score (nSPS) is 10.8. The SMILES string of the molecule is CC(=O)Nc1ccc(C(=O)COC(=O)c2cc(-c3ccco3)nc3onc(C)c23)cc1. The number of furan rings is 1. The molecule has 0 radical (unpaired) electrons. The van der Waals surface area contributed by atoms with Crippen molar-refractivity contribution in [2.75, 3.05) is 11.9 Å². The zero-order valence-electron chi connectivity index (χ0n) is 16.7. The molecule has 0 fully saturated rings. The number of anilines is 1. The second-order valence-electron chi connectivity index (χ2n) is 6.74. The molecule has 0 atom stereocenters. The Bertz CT molecular complexity index is 1270. The van der Waals surface area contributed by atoms with Gasteiger partial charge in [0.2, 0.25) is 5.91 Å². The third-order valence-electron chi connectivity index (χ3n) is 4.47. The molecule has 31 heavy (non-hydrogen) atoms.